The average Bonchev–Trinajstić information content (AvgIpc) is 2.54. The summed E-state index contributed by atoms with van der Waals surface area (Å²) >= 11 is 0. The highest BCUT2D eigenvalue weighted by Gasteiger charge is 2.28. The predicted octanol–water partition coefficient (Wildman–Crippen LogP) is 0.390. The first-order chi connectivity index (χ1) is 11.0. The van der Waals surface area contributed by atoms with Crippen molar-refractivity contribution in [3.8, 4) is 0 Å². The number of nitrogens with one attached hydrogen (secondary N) is 1. The van der Waals surface area contributed by atoms with E-state index in [1.807, 2.05) is 6.92 Å². The topological polar surface area (TPSA) is 101 Å². The van der Waals surface area contributed by atoms with Crippen LogP contribution in [-0.2, 0) is 4.74 Å². The standard InChI is InChI=1S/C15H17N5O3/c1-9-5-11(19-15(22)18-9)14(21)20-3-4-23-13(8-20)12-7-16-10(2)6-17-12/h5-7,13H,3-4,8H2,1-2H3,(H,18,19,22). The molecule has 1 unspecified atom stereocenters. The maximum absolute atomic E-state index is 12.6. The Morgan fingerprint density at radius 3 is 2.87 bits per heavy atom. The van der Waals surface area contributed by atoms with Crippen LogP contribution in [-0.4, -0.2) is 50.4 Å². The number of H-pyrrole nitrogens is 1. The highest BCUT2D eigenvalue weighted by Crippen LogP contribution is 2.21. The van der Waals surface area contributed by atoms with Crippen molar-refractivity contribution in [3.63, 3.8) is 0 Å². The Morgan fingerprint density at radius 2 is 2.17 bits per heavy atom. The van der Waals surface area contributed by atoms with Crippen LogP contribution in [0.15, 0.2) is 23.3 Å². The van der Waals surface area contributed by atoms with Crippen LogP contribution in [0.3, 0.4) is 0 Å². The average molecular weight is 315 g/mol. The minimum absolute atomic E-state index is 0.141. The highest BCUT2D eigenvalue weighted by atomic mass is 16.5. The number of morpholine rings is 1. The Kier molecular flexibility index (Phi) is 4.16. The van der Waals surface area contributed by atoms with Crippen LogP contribution < -0.4 is 5.69 Å². The summed E-state index contributed by atoms with van der Waals surface area (Å²) in [5, 5.41) is 0. The van der Waals surface area contributed by atoms with Gasteiger partial charge < -0.3 is 14.6 Å². The molecule has 1 aliphatic rings. The van der Waals surface area contributed by atoms with E-state index in [-0.39, 0.29) is 17.7 Å². The molecule has 0 radical (unpaired) electrons. The Hall–Kier alpha value is -2.61. The molecule has 3 rings (SSSR count). The van der Waals surface area contributed by atoms with Crippen molar-refractivity contribution in [3.05, 3.63) is 51.7 Å². The fourth-order valence-corrected chi connectivity index (χ4v) is 2.43. The Balaban J connectivity index is 1.79. The molecule has 0 spiro atoms. The number of hydrogen-bond acceptors (Lipinski definition) is 6. The lowest BCUT2D eigenvalue weighted by Gasteiger charge is -2.32. The van der Waals surface area contributed by atoms with E-state index in [0.717, 1.165) is 5.69 Å². The Labute approximate surface area is 132 Å². The summed E-state index contributed by atoms with van der Waals surface area (Å²) in [6.07, 6.45) is 2.99. The fourth-order valence-electron chi connectivity index (χ4n) is 2.43. The van der Waals surface area contributed by atoms with Crippen LogP contribution in [0.1, 0.15) is 33.7 Å². The number of aryl methyl sites for hydroxylation is 2. The van der Waals surface area contributed by atoms with E-state index < -0.39 is 5.69 Å². The molecule has 2 aromatic heterocycles. The van der Waals surface area contributed by atoms with Crippen LogP contribution >= 0.6 is 0 Å². The number of hydrogen-bond donors (Lipinski definition) is 1. The first-order valence-electron chi connectivity index (χ1n) is 7.30. The summed E-state index contributed by atoms with van der Waals surface area (Å²) in [6.45, 7) is 4.76. The first-order valence-corrected chi connectivity index (χ1v) is 7.30. The summed E-state index contributed by atoms with van der Waals surface area (Å²) in [5.41, 5.74) is 1.72. The molecule has 120 valence electrons. The molecule has 0 aliphatic carbocycles. The van der Waals surface area contributed by atoms with Gasteiger partial charge in [0.25, 0.3) is 5.91 Å². The summed E-state index contributed by atoms with van der Waals surface area (Å²) in [7, 11) is 0. The molecular formula is C15H17N5O3. The fraction of sp³-hybridized carbons (Fsp3) is 0.400. The van der Waals surface area contributed by atoms with Gasteiger partial charge in [0.2, 0.25) is 0 Å². The third-order valence-electron chi connectivity index (χ3n) is 3.58. The minimum atomic E-state index is -0.525. The second-order valence-electron chi connectivity index (χ2n) is 5.45. The van der Waals surface area contributed by atoms with Crippen LogP contribution in [0.4, 0.5) is 0 Å². The molecule has 8 heteroatoms. The van der Waals surface area contributed by atoms with E-state index >= 15 is 0 Å². The smallest absolute Gasteiger partial charge is 0.345 e. The zero-order valence-corrected chi connectivity index (χ0v) is 12.9. The van der Waals surface area contributed by atoms with Gasteiger partial charge in [-0.3, -0.25) is 14.8 Å². The number of rotatable bonds is 2. The monoisotopic (exact) mass is 315 g/mol. The second kappa shape index (κ2) is 6.25. The lowest BCUT2D eigenvalue weighted by atomic mass is 10.2. The largest absolute Gasteiger partial charge is 0.368 e. The normalized spacial score (nSPS) is 18.0. The van der Waals surface area contributed by atoms with Crippen LogP contribution in [0.25, 0.3) is 0 Å². The van der Waals surface area contributed by atoms with Crippen molar-refractivity contribution in [2.45, 2.75) is 20.0 Å². The summed E-state index contributed by atoms with van der Waals surface area (Å²) in [6, 6.07) is 1.57. The quantitative estimate of drug-likeness (QED) is 0.860. The van der Waals surface area contributed by atoms with Gasteiger partial charge >= 0.3 is 5.69 Å². The van der Waals surface area contributed by atoms with Gasteiger partial charge in [-0.15, -0.1) is 0 Å². The van der Waals surface area contributed by atoms with Crippen LogP contribution in [0, 0.1) is 13.8 Å². The lowest BCUT2D eigenvalue weighted by molar-refractivity contribution is -0.0251. The molecule has 3 heterocycles. The summed E-state index contributed by atoms with van der Waals surface area (Å²) in [4.78, 5) is 40.4. The third kappa shape index (κ3) is 3.42. The molecule has 8 nitrogen and oxygen atoms in total. The number of carbonyl (C=O) groups is 1. The van der Waals surface area contributed by atoms with Crippen molar-refractivity contribution >= 4 is 5.91 Å². The van der Waals surface area contributed by atoms with Crippen molar-refractivity contribution in [2.75, 3.05) is 19.7 Å². The zero-order valence-electron chi connectivity index (χ0n) is 12.9. The SMILES string of the molecule is Cc1cnc(C2CN(C(=O)c3cc(C)[nH]c(=O)n3)CCO2)cn1. The van der Waals surface area contributed by atoms with E-state index in [4.69, 9.17) is 4.74 Å². The van der Waals surface area contributed by atoms with E-state index in [2.05, 4.69) is 19.9 Å². The first kappa shape index (κ1) is 15.3. The lowest BCUT2D eigenvalue weighted by Crippen LogP contribution is -2.43. The molecule has 0 saturated carbocycles. The number of aromatic amines is 1. The molecule has 1 atom stereocenters. The van der Waals surface area contributed by atoms with E-state index in [0.29, 0.717) is 31.1 Å². The van der Waals surface area contributed by atoms with Gasteiger partial charge in [-0.05, 0) is 19.9 Å². The number of aromatic nitrogens is 4. The minimum Gasteiger partial charge on any atom is -0.368 e. The van der Waals surface area contributed by atoms with Crippen molar-refractivity contribution < 1.29 is 9.53 Å². The maximum Gasteiger partial charge on any atom is 0.345 e. The van der Waals surface area contributed by atoms with E-state index in [9.17, 15) is 9.59 Å². The molecule has 1 N–H and O–H groups in total. The molecule has 2 aromatic rings. The number of ether oxygens (including phenoxy) is 1. The van der Waals surface area contributed by atoms with Gasteiger partial charge in [0.05, 0.1) is 30.7 Å². The van der Waals surface area contributed by atoms with Gasteiger partial charge in [0.15, 0.2) is 0 Å². The summed E-state index contributed by atoms with van der Waals surface area (Å²) in [5.74, 6) is -0.285. The van der Waals surface area contributed by atoms with Crippen molar-refractivity contribution in [1.29, 1.82) is 0 Å². The second-order valence-corrected chi connectivity index (χ2v) is 5.45. The molecule has 0 aromatic carbocycles. The maximum atomic E-state index is 12.6. The van der Waals surface area contributed by atoms with E-state index in [1.165, 1.54) is 0 Å². The number of carbonyl (C=O) groups excluding carboxylic acids is 1. The van der Waals surface area contributed by atoms with Gasteiger partial charge in [-0.1, -0.05) is 0 Å². The van der Waals surface area contributed by atoms with Crippen LogP contribution in [0.5, 0.6) is 0 Å². The van der Waals surface area contributed by atoms with Crippen molar-refractivity contribution in [1.82, 2.24) is 24.8 Å². The highest BCUT2D eigenvalue weighted by molar-refractivity contribution is 5.92. The molecular weight excluding hydrogens is 298 g/mol. The van der Waals surface area contributed by atoms with Gasteiger partial charge in [0, 0.05) is 18.4 Å². The Morgan fingerprint density at radius 1 is 1.35 bits per heavy atom. The van der Waals surface area contributed by atoms with Gasteiger partial charge in [-0.2, -0.15) is 4.98 Å². The van der Waals surface area contributed by atoms with Crippen molar-refractivity contribution in [2.24, 2.45) is 0 Å². The molecule has 1 saturated heterocycles. The Bertz CT molecular complexity index is 771. The van der Waals surface area contributed by atoms with E-state index in [1.54, 1.807) is 30.3 Å². The van der Waals surface area contributed by atoms with Gasteiger partial charge in [-0.25, -0.2) is 4.79 Å². The number of amides is 1. The molecule has 1 fully saturated rings. The molecule has 1 amide bonds. The van der Waals surface area contributed by atoms with Gasteiger partial charge in [0.1, 0.15) is 11.8 Å². The number of nitrogens with zero attached hydrogens (tertiary/aromatic N) is 4. The predicted molar refractivity (Wildman–Crippen MR) is 81.0 cm³/mol. The third-order valence-corrected chi connectivity index (χ3v) is 3.58. The molecule has 1 aliphatic heterocycles. The zero-order chi connectivity index (χ0) is 16.4. The van der Waals surface area contributed by atoms with Crippen LogP contribution in [0.2, 0.25) is 0 Å². The molecule has 0 bridgehead atoms. The summed E-state index contributed by atoms with van der Waals surface area (Å²) < 4.78 is 5.68. The molecule has 23 heavy (non-hydrogen) atoms.